The molecule has 0 bridgehead atoms. The molecule has 108 valence electrons. The summed E-state index contributed by atoms with van der Waals surface area (Å²) in [4.78, 5) is 6.82. The number of nitrogens with zero attached hydrogens (tertiary/aromatic N) is 2. The molecule has 1 N–H and O–H groups in total. The van der Waals surface area contributed by atoms with Gasteiger partial charge < -0.3 is 10.2 Å². The highest BCUT2D eigenvalue weighted by molar-refractivity contribution is 5.45. The van der Waals surface area contributed by atoms with Crippen molar-refractivity contribution >= 4 is 5.82 Å². The van der Waals surface area contributed by atoms with Crippen LogP contribution in [-0.4, -0.2) is 25.1 Å². The molecule has 0 saturated carbocycles. The Morgan fingerprint density at radius 1 is 1.32 bits per heavy atom. The molecule has 0 atom stereocenters. The van der Waals surface area contributed by atoms with Crippen LogP contribution in [0, 0.1) is 5.92 Å². The van der Waals surface area contributed by atoms with Crippen molar-refractivity contribution in [3.05, 3.63) is 23.9 Å². The molecule has 0 aromatic carbocycles. The van der Waals surface area contributed by atoms with Crippen LogP contribution in [0.3, 0.4) is 0 Å². The molecular formula is C16H29N3. The largest absolute Gasteiger partial charge is 0.359 e. The number of pyridine rings is 1. The summed E-state index contributed by atoms with van der Waals surface area (Å²) in [6.07, 6.45) is 5.68. The first kappa shape index (κ1) is 16.0. The van der Waals surface area contributed by atoms with Crippen LogP contribution >= 0.6 is 0 Å². The standard InChI is InChI=1S/C16H29N3/c1-5-6-7-11-19(4)16-15(9-8-10-18-16)13-17-12-14(2)3/h8-10,14,17H,5-7,11-13H2,1-4H3. The Bertz CT molecular complexity index is 350. The lowest BCUT2D eigenvalue weighted by molar-refractivity contribution is 0.551. The Morgan fingerprint density at radius 3 is 2.79 bits per heavy atom. The third-order valence-electron chi connectivity index (χ3n) is 3.19. The van der Waals surface area contributed by atoms with Gasteiger partial charge in [-0.1, -0.05) is 39.7 Å². The predicted octanol–water partition coefficient (Wildman–Crippen LogP) is 3.45. The quantitative estimate of drug-likeness (QED) is 0.692. The lowest BCUT2D eigenvalue weighted by Crippen LogP contribution is -2.24. The van der Waals surface area contributed by atoms with Crippen molar-refractivity contribution < 1.29 is 0 Å². The van der Waals surface area contributed by atoms with Gasteiger partial charge in [0.15, 0.2) is 0 Å². The number of rotatable bonds is 9. The molecule has 1 heterocycles. The maximum atomic E-state index is 4.54. The summed E-state index contributed by atoms with van der Waals surface area (Å²) >= 11 is 0. The van der Waals surface area contributed by atoms with E-state index < -0.39 is 0 Å². The van der Waals surface area contributed by atoms with E-state index in [4.69, 9.17) is 0 Å². The van der Waals surface area contributed by atoms with Gasteiger partial charge in [-0.15, -0.1) is 0 Å². The van der Waals surface area contributed by atoms with Crippen LogP contribution in [0.15, 0.2) is 18.3 Å². The zero-order valence-electron chi connectivity index (χ0n) is 12.9. The Kier molecular flexibility index (Phi) is 7.49. The number of anilines is 1. The zero-order chi connectivity index (χ0) is 14.1. The van der Waals surface area contributed by atoms with Crippen molar-refractivity contribution in [1.82, 2.24) is 10.3 Å². The number of hydrogen-bond donors (Lipinski definition) is 1. The van der Waals surface area contributed by atoms with Gasteiger partial charge in [0.1, 0.15) is 5.82 Å². The van der Waals surface area contributed by atoms with Gasteiger partial charge in [-0.2, -0.15) is 0 Å². The minimum atomic E-state index is 0.683. The monoisotopic (exact) mass is 263 g/mol. The van der Waals surface area contributed by atoms with Crippen molar-refractivity contribution in [2.24, 2.45) is 5.92 Å². The van der Waals surface area contributed by atoms with E-state index in [9.17, 15) is 0 Å². The molecule has 1 aromatic heterocycles. The molecule has 0 unspecified atom stereocenters. The van der Waals surface area contributed by atoms with Gasteiger partial charge in [0.25, 0.3) is 0 Å². The average molecular weight is 263 g/mol. The van der Waals surface area contributed by atoms with Gasteiger partial charge in [-0.3, -0.25) is 0 Å². The maximum Gasteiger partial charge on any atom is 0.132 e. The van der Waals surface area contributed by atoms with Gasteiger partial charge >= 0.3 is 0 Å². The van der Waals surface area contributed by atoms with Crippen molar-refractivity contribution in [2.75, 3.05) is 25.0 Å². The minimum Gasteiger partial charge on any atom is -0.359 e. The molecule has 0 radical (unpaired) electrons. The smallest absolute Gasteiger partial charge is 0.132 e. The highest BCUT2D eigenvalue weighted by atomic mass is 15.2. The summed E-state index contributed by atoms with van der Waals surface area (Å²) in [5, 5.41) is 3.50. The molecular weight excluding hydrogens is 234 g/mol. The van der Waals surface area contributed by atoms with Gasteiger partial charge in [0, 0.05) is 31.9 Å². The summed E-state index contributed by atoms with van der Waals surface area (Å²) in [6.45, 7) is 9.74. The van der Waals surface area contributed by atoms with E-state index in [0.717, 1.165) is 25.5 Å². The molecule has 3 nitrogen and oxygen atoms in total. The third-order valence-corrected chi connectivity index (χ3v) is 3.19. The van der Waals surface area contributed by atoms with E-state index in [1.165, 1.54) is 24.8 Å². The van der Waals surface area contributed by atoms with Gasteiger partial charge in [-0.25, -0.2) is 4.98 Å². The first-order valence-corrected chi connectivity index (χ1v) is 7.50. The number of nitrogens with one attached hydrogen (secondary N) is 1. The van der Waals surface area contributed by atoms with Crippen LogP contribution in [-0.2, 0) is 6.54 Å². The van der Waals surface area contributed by atoms with Crippen LogP contribution in [0.5, 0.6) is 0 Å². The minimum absolute atomic E-state index is 0.683. The fraction of sp³-hybridized carbons (Fsp3) is 0.688. The predicted molar refractivity (Wildman–Crippen MR) is 83.6 cm³/mol. The second-order valence-electron chi connectivity index (χ2n) is 5.64. The van der Waals surface area contributed by atoms with Crippen molar-refractivity contribution in [2.45, 2.75) is 46.6 Å². The highest BCUT2D eigenvalue weighted by Crippen LogP contribution is 2.16. The van der Waals surface area contributed by atoms with E-state index in [1.807, 2.05) is 12.3 Å². The van der Waals surface area contributed by atoms with Crippen LogP contribution in [0.1, 0.15) is 45.6 Å². The van der Waals surface area contributed by atoms with Crippen molar-refractivity contribution in [1.29, 1.82) is 0 Å². The van der Waals surface area contributed by atoms with Crippen LogP contribution in [0.25, 0.3) is 0 Å². The molecule has 0 aliphatic carbocycles. The fourth-order valence-electron chi connectivity index (χ4n) is 2.11. The summed E-state index contributed by atoms with van der Waals surface area (Å²) in [7, 11) is 2.14. The lowest BCUT2D eigenvalue weighted by Gasteiger charge is -2.21. The molecule has 0 amide bonds. The van der Waals surface area contributed by atoms with Gasteiger partial charge in [-0.05, 0) is 24.9 Å². The zero-order valence-corrected chi connectivity index (χ0v) is 12.9. The van der Waals surface area contributed by atoms with E-state index >= 15 is 0 Å². The number of hydrogen-bond acceptors (Lipinski definition) is 3. The van der Waals surface area contributed by atoms with Crippen LogP contribution in [0.4, 0.5) is 5.82 Å². The lowest BCUT2D eigenvalue weighted by atomic mass is 10.2. The first-order chi connectivity index (χ1) is 9.15. The molecule has 0 aliphatic rings. The second kappa shape index (κ2) is 8.92. The number of unbranched alkanes of at least 4 members (excludes halogenated alkanes) is 2. The Morgan fingerprint density at radius 2 is 2.11 bits per heavy atom. The Hall–Kier alpha value is -1.09. The third kappa shape index (κ3) is 6.06. The van der Waals surface area contributed by atoms with Crippen LogP contribution < -0.4 is 10.2 Å². The summed E-state index contributed by atoms with van der Waals surface area (Å²) in [6, 6.07) is 4.20. The summed E-state index contributed by atoms with van der Waals surface area (Å²) in [5.41, 5.74) is 1.29. The average Bonchev–Trinajstić information content (AvgIpc) is 2.39. The summed E-state index contributed by atoms with van der Waals surface area (Å²) < 4.78 is 0. The Labute approximate surface area is 118 Å². The second-order valence-corrected chi connectivity index (χ2v) is 5.64. The van der Waals surface area contributed by atoms with Crippen molar-refractivity contribution in [3.63, 3.8) is 0 Å². The molecule has 1 rings (SSSR count). The number of aromatic nitrogens is 1. The molecule has 1 aromatic rings. The van der Waals surface area contributed by atoms with E-state index in [-0.39, 0.29) is 0 Å². The van der Waals surface area contributed by atoms with Gasteiger partial charge in [0.05, 0.1) is 0 Å². The normalized spacial score (nSPS) is 11.0. The van der Waals surface area contributed by atoms with Crippen molar-refractivity contribution in [3.8, 4) is 0 Å². The Balaban J connectivity index is 2.56. The maximum absolute atomic E-state index is 4.54. The van der Waals surface area contributed by atoms with E-state index in [0.29, 0.717) is 5.92 Å². The topological polar surface area (TPSA) is 28.2 Å². The molecule has 0 aliphatic heterocycles. The first-order valence-electron chi connectivity index (χ1n) is 7.50. The molecule has 19 heavy (non-hydrogen) atoms. The van der Waals surface area contributed by atoms with E-state index in [1.54, 1.807) is 0 Å². The van der Waals surface area contributed by atoms with Gasteiger partial charge in [0.2, 0.25) is 0 Å². The molecule has 3 heteroatoms. The van der Waals surface area contributed by atoms with Crippen LogP contribution in [0.2, 0.25) is 0 Å². The molecule has 0 saturated heterocycles. The van der Waals surface area contributed by atoms with E-state index in [2.05, 4.69) is 49.1 Å². The SMILES string of the molecule is CCCCCN(C)c1ncccc1CNCC(C)C. The summed E-state index contributed by atoms with van der Waals surface area (Å²) in [5.74, 6) is 1.80. The fourth-order valence-corrected chi connectivity index (χ4v) is 2.11. The molecule has 0 spiro atoms. The molecule has 0 fully saturated rings. The highest BCUT2D eigenvalue weighted by Gasteiger charge is 2.08.